The van der Waals surface area contributed by atoms with Crippen LogP contribution in [-0.2, 0) is 4.79 Å². The van der Waals surface area contributed by atoms with Crippen LogP contribution in [0, 0.1) is 0 Å². The number of nitrogens with zero attached hydrogens (tertiary/aromatic N) is 3. The van der Waals surface area contributed by atoms with Crippen molar-refractivity contribution < 1.29 is 4.79 Å². The fraction of sp³-hybridized carbons (Fsp3) is 0.261. The van der Waals surface area contributed by atoms with Crippen molar-refractivity contribution in [2.24, 2.45) is 5.73 Å². The molecule has 0 saturated carbocycles. The number of amides is 1. The summed E-state index contributed by atoms with van der Waals surface area (Å²) in [7, 11) is 0. The number of carbonyl (C=O) groups excluding carboxylic acids is 1. The van der Waals surface area contributed by atoms with Crippen LogP contribution in [0.4, 0.5) is 11.5 Å². The minimum absolute atomic E-state index is 0.134. The molecule has 148 valence electrons. The highest BCUT2D eigenvalue weighted by atomic mass is 16.1. The number of nitrogens with one attached hydrogen (secondary N) is 1. The van der Waals surface area contributed by atoms with Crippen LogP contribution < -0.4 is 16.0 Å². The van der Waals surface area contributed by atoms with Gasteiger partial charge in [-0.3, -0.25) is 4.79 Å². The minimum Gasteiger partial charge on any atom is -0.371 e. The monoisotopic (exact) mass is 387 g/mol. The van der Waals surface area contributed by atoms with E-state index in [0.29, 0.717) is 0 Å². The molecule has 0 bridgehead atoms. The number of hydrogen-bond donors (Lipinski definition) is 2. The van der Waals surface area contributed by atoms with Gasteiger partial charge in [-0.15, -0.1) is 0 Å². The summed E-state index contributed by atoms with van der Waals surface area (Å²) in [6, 6.07) is 16.7. The third-order valence-electron chi connectivity index (χ3n) is 5.39. The molecule has 1 aliphatic heterocycles. The van der Waals surface area contributed by atoms with Crippen molar-refractivity contribution in [1.29, 1.82) is 0 Å². The Bertz CT molecular complexity index is 1040. The molecule has 0 spiro atoms. The number of nitrogens with two attached hydrogens (primary N) is 1. The predicted molar refractivity (Wildman–Crippen MR) is 117 cm³/mol. The molecular weight excluding hydrogens is 362 g/mol. The molecule has 1 atom stereocenters. The second-order valence-electron chi connectivity index (χ2n) is 7.39. The number of carbonyl (C=O) groups is 1. The van der Waals surface area contributed by atoms with Gasteiger partial charge in [-0.05, 0) is 43.5 Å². The molecule has 29 heavy (non-hydrogen) atoms. The van der Waals surface area contributed by atoms with E-state index in [9.17, 15) is 4.79 Å². The van der Waals surface area contributed by atoms with Gasteiger partial charge in [-0.2, -0.15) is 0 Å². The van der Waals surface area contributed by atoms with Crippen LogP contribution in [0.15, 0.2) is 66.5 Å². The second kappa shape index (κ2) is 8.31. The number of anilines is 2. The van der Waals surface area contributed by atoms with Crippen LogP contribution in [-0.4, -0.2) is 29.0 Å². The van der Waals surface area contributed by atoms with Crippen molar-refractivity contribution in [3.63, 3.8) is 0 Å². The zero-order valence-corrected chi connectivity index (χ0v) is 16.5. The Labute approximate surface area is 170 Å². The molecule has 6 heteroatoms. The van der Waals surface area contributed by atoms with E-state index in [1.807, 2.05) is 24.3 Å². The first-order chi connectivity index (χ1) is 14.1. The van der Waals surface area contributed by atoms with Crippen LogP contribution in [0.1, 0.15) is 31.4 Å². The van der Waals surface area contributed by atoms with Gasteiger partial charge in [-0.25, -0.2) is 9.97 Å². The van der Waals surface area contributed by atoms with Crippen molar-refractivity contribution in [1.82, 2.24) is 9.97 Å². The number of aromatic nitrogens is 2. The molecule has 4 rings (SSSR count). The van der Waals surface area contributed by atoms with E-state index in [-0.39, 0.29) is 11.9 Å². The number of piperidine rings is 1. The Morgan fingerprint density at radius 3 is 2.62 bits per heavy atom. The molecule has 1 saturated heterocycles. The summed E-state index contributed by atoms with van der Waals surface area (Å²) in [5.41, 5.74) is 9.66. The normalized spacial score (nSPS) is 15.2. The van der Waals surface area contributed by atoms with E-state index >= 15 is 0 Å². The molecule has 3 aromatic rings. The maximum atomic E-state index is 11.1. The van der Waals surface area contributed by atoms with Crippen molar-refractivity contribution in [3.8, 4) is 0 Å². The minimum atomic E-state index is -0.362. The summed E-state index contributed by atoms with van der Waals surface area (Å²) in [5, 5.41) is 4.54. The quantitative estimate of drug-likeness (QED) is 0.650. The average Bonchev–Trinajstić information content (AvgIpc) is 2.74. The Balaban J connectivity index is 1.57. The Kier molecular flexibility index (Phi) is 5.42. The average molecular weight is 387 g/mol. The van der Waals surface area contributed by atoms with Gasteiger partial charge in [0.1, 0.15) is 12.1 Å². The molecule has 1 amide bonds. The molecule has 2 aromatic carbocycles. The number of fused-ring (bicyclic) bond motifs is 1. The predicted octanol–water partition coefficient (Wildman–Crippen LogP) is 3.81. The van der Waals surface area contributed by atoms with Gasteiger partial charge in [0, 0.05) is 36.3 Å². The van der Waals surface area contributed by atoms with Gasteiger partial charge in [0.15, 0.2) is 0 Å². The number of benzene rings is 2. The molecule has 0 aliphatic carbocycles. The van der Waals surface area contributed by atoms with E-state index in [1.165, 1.54) is 5.56 Å². The first kappa shape index (κ1) is 18.9. The lowest BCUT2D eigenvalue weighted by atomic mass is 10.0. The Hall–Kier alpha value is -3.41. The zero-order valence-electron chi connectivity index (χ0n) is 16.5. The third kappa shape index (κ3) is 4.37. The van der Waals surface area contributed by atoms with Gasteiger partial charge < -0.3 is 16.0 Å². The lowest BCUT2D eigenvalue weighted by Crippen LogP contribution is -2.31. The van der Waals surface area contributed by atoms with Crippen LogP contribution in [0.3, 0.4) is 0 Å². The molecule has 3 N–H and O–H groups in total. The maximum absolute atomic E-state index is 11.1. The van der Waals surface area contributed by atoms with Crippen molar-refractivity contribution >= 4 is 28.3 Å². The molecule has 1 aromatic heterocycles. The SMILES string of the molecule is C[C@@H](Nc1ncnc2ccc(N3CCC(=CC(N)=O)CC3)cc12)c1ccccc1. The van der Waals surface area contributed by atoms with Crippen LogP contribution >= 0.6 is 0 Å². The standard InChI is InChI=1S/C23H25N5O/c1-16(18-5-3-2-4-6-18)27-23-20-14-19(7-8-21(20)25-15-26-23)28-11-9-17(10-12-28)13-22(24)29/h2-8,13-16H,9-12H2,1H3,(H2,24,29)(H,25,26,27)/t16-/m1/s1. The molecule has 0 radical (unpaired) electrons. The van der Waals surface area contributed by atoms with E-state index < -0.39 is 0 Å². The van der Waals surface area contributed by atoms with Crippen LogP contribution in [0.2, 0.25) is 0 Å². The summed E-state index contributed by atoms with van der Waals surface area (Å²) >= 11 is 0. The molecule has 6 nitrogen and oxygen atoms in total. The summed E-state index contributed by atoms with van der Waals surface area (Å²) in [4.78, 5) is 22.4. The van der Waals surface area contributed by atoms with Crippen LogP contribution in [0.5, 0.6) is 0 Å². The topological polar surface area (TPSA) is 84.1 Å². The largest absolute Gasteiger partial charge is 0.371 e. The van der Waals surface area contributed by atoms with Gasteiger partial charge in [0.25, 0.3) is 0 Å². The summed E-state index contributed by atoms with van der Waals surface area (Å²) in [5.74, 6) is 0.471. The van der Waals surface area contributed by atoms with Gasteiger partial charge in [0.2, 0.25) is 5.91 Å². The first-order valence-electron chi connectivity index (χ1n) is 9.90. The van der Waals surface area contributed by atoms with Gasteiger partial charge >= 0.3 is 0 Å². The molecule has 2 heterocycles. The Morgan fingerprint density at radius 2 is 1.90 bits per heavy atom. The van der Waals surface area contributed by atoms with Crippen molar-refractivity contribution in [2.75, 3.05) is 23.3 Å². The second-order valence-corrected chi connectivity index (χ2v) is 7.39. The highest BCUT2D eigenvalue weighted by molar-refractivity contribution is 5.91. The zero-order chi connectivity index (χ0) is 20.2. The highest BCUT2D eigenvalue weighted by Crippen LogP contribution is 2.30. The smallest absolute Gasteiger partial charge is 0.241 e. The maximum Gasteiger partial charge on any atom is 0.241 e. The third-order valence-corrected chi connectivity index (χ3v) is 5.39. The Morgan fingerprint density at radius 1 is 1.14 bits per heavy atom. The van der Waals surface area contributed by atoms with Crippen molar-refractivity contribution in [3.05, 3.63) is 72.1 Å². The van der Waals surface area contributed by atoms with E-state index in [4.69, 9.17) is 5.73 Å². The van der Waals surface area contributed by atoms with Crippen molar-refractivity contribution in [2.45, 2.75) is 25.8 Å². The van der Waals surface area contributed by atoms with Crippen LogP contribution in [0.25, 0.3) is 10.9 Å². The number of primary amides is 1. The summed E-state index contributed by atoms with van der Waals surface area (Å²) in [6.45, 7) is 3.85. The van der Waals surface area contributed by atoms with E-state index in [1.54, 1.807) is 12.4 Å². The highest BCUT2D eigenvalue weighted by Gasteiger charge is 2.16. The summed E-state index contributed by atoms with van der Waals surface area (Å²) < 4.78 is 0. The van der Waals surface area contributed by atoms with E-state index in [0.717, 1.165) is 53.9 Å². The summed E-state index contributed by atoms with van der Waals surface area (Å²) in [6.07, 6.45) is 4.87. The molecule has 1 fully saturated rings. The number of hydrogen-bond acceptors (Lipinski definition) is 5. The number of rotatable bonds is 5. The van der Waals surface area contributed by atoms with Gasteiger partial charge in [0.05, 0.1) is 5.52 Å². The molecule has 1 aliphatic rings. The fourth-order valence-corrected chi connectivity index (χ4v) is 3.78. The fourth-order valence-electron chi connectivity index (χ4n) is 3.78. The molecular formula is C23H25N5O. The lowest BCUT2D eigenvalue weighted by molar-refractivity contribution is -0.113. The van der Waals surface area contributed by atoms with Gasteiger partial charge in [-0.1, -0.05) is 35.9 Å². The van der Waals surface area contributed by atoms with E-state index in [2.05, 4.69) is 51.4 Å². The molecule has 0 unspecified atom stereocenters. The first-order valence-corrected chi connectivity index (χ1v) is 9.90. The lowest BCUT2D eigenvalue weighted by Gasteiger charge is -2.30.